The standard InChI is InChI=1S/C13H9Br2F2NO/c14-5-8-3-11(16)13(12(17)4-8)19-7-10-2-1-9(15)6-18-10/h1-4,6H,5,7H2. The van der Waals surface area contributed by atoms with Gasteiger partial charge < -0.3 is 4.74 Å². The Balaban J connectivity index is 2.13. The number of benzene rings is 1. The second-order valence-corrected chi connectivity index (χ2v) is 5.26. The second kappa shape index (κ2) is 6.43. The maximum atomic E-state index is 13.7. The molecule has 0 N–H and O–H groups in total. The number of alkyl halides is 1. The van der Waals surface area contributed by atoms with E-state index in [0.29, 0.717) is 16.6 Å². The molecule has 0 radical (unpaired) electrons. The Morgan fingerprint density at radius 2 is 1.84 bits per heavy atom. The first-order valence-corrected chi connectivity index (χ1v) is 7.28. The van der Waals surface area contributed by atoms with E-state index in [0.717, 1.165) is 4.47 Å². The molecule has 100 valence electrons. The molecule has 1 aromatic carbocycles. The molecule has 0 unspecified atom stereocenters. The molecule has 0 bridgehead atoms. The molecule has 0 saturated carbocycles. The van der Waals surface area contributed by atoms with Gasteiger partial charge >= 0.3 is 0 Å². The first-order valence-electron chi connectivity index (χ1n) is 5.37. The number of aromatic nitrogens is 1. The van der Waals surface area contributed by atoms with Gasteiger partial charge in [-0.1, -0.05) is 15.9 Å². The zero-order valence-corrected chi connectivity index (χ0v) is 12.8. The van der Waals surface area contributed by atoms with Gasteiger partial charge in [0.1, 0.15) is 6.61 Å². The van der Waals surface area contributed by atoms with E-state index in [4.69, 9.17) is 4.74 Å². The molecule has 0 saturated heterocycles. The lowest BCUT2D eigenvalue weighted by atomic mass is 10.2. The van der Waals surface area contributed by atoms with Crippen LogP contribution in [0.25, 0.3) is 0 Å². The van der Waals surface area contributed by atoms with Crippen LogP contribution < -0.4 is 4.74 Å². The van der Waals surface area contributed by atoms with Gasteiger partial charge in [0.15, 0.2) is 17.4 Å². The Hall–Kier alpha value is -1.01. The summed E-state index contributed by atoms with van der Waals surface area (Å²) >= 11 is 6.40. The van der Waals surface area contributed by atoms with Crippen molar-refractivity contribution in [2.45, 2.75) is 11.9 Å². The minimum Gasteiger partial charge on any atom is -0.481 e. The number of hydrogen-bond donors (Lipinski definition) is 0. The molecular formula is C13H9Br2F2NO. The van der Waals surface area contributed by atoms with E-state index < -0.39 is 11.6 Å². The van der Waals surface area contributed by atoms with Crippen LogP contribution in [0.3, 0.4) is 0 Å². The summed E-state index contributed by atoms with van der Waals surface area (Å²) in [6.45, 7) is 0.00871. The molecule has 2 rings (SSSR count). The monoisotopic (exact) mass is 391 g/mol. The fraction of sp³-hybridized carbons (Fsp3) is 0.154. The van der Waals surface area contributed by atoms with Crippen LogP contribution >= 0.6 is 31.9 Å². The summed E-state index contributed by atoms with van der Waals surface area (Å²) in [5.74, 6) is -1.81. The van der Waals surface area contributed by atoms with E-state index in [-0.39, 0.29) is 12.4 Å². The van der Waals surface area contributed by atoms with Crippen molar-refractivity contribution in [3.8, 4) is 5.75 Å². The van der Waals surface area contributed by atoms with Gasteiger partial charge in [0.05, 0.1) is 5.69 Å². The van der Waals surface area contributed by atoms with Gasteiger partial charge in [0, 0.05) is 16.0 Å². The fourth-order valence-electron chi connectivity index (χ4n) is 1.47. The number of ether oxygens (including phenoxy) is 1. The first kappa shape index (κ1) is 14.4. The van der Waals surface area contributed by atoms with E-state index in [1.54, 1.807) is 18.3 Å². The van der Waals surface area contributed by atoms with E-state index >= 15 is 0 Å². The summed E-state index contributed by atoms with van der Waals surface area (Å²) < 4.78 is 33.3. The van der Waals surface area contributed by atoms with Gasteiger partial charge in [0.2, 0.25) is 0 Å². The summed E-state index contributed by atoms with van der Waals surface area (Å²) in [6.07, 6.45) is 1.60. The minimum atomic E-state index is -0.716. The molecule has 2 nitrogen and oxygen atoms in total. The number of halogens is 4. The highest BCUT2D eigenvalue weighted by Gasteiger charge is 2.12. The average molecular weight is 393 g/mol. The third kappa shape index (κ3) is 3.73. The zero-order valence-electron chi connectivity index (χ0n) is 9.67. The number of nitrogens with zero attached hydrogens (tertiary/aromatic N) is 1. The van der Waals surface area contributed by atoms with Crippen LogP contribution in [0, 0.1) is 11.6 Å². The highest BCUT2D eigenvalue weighted by Crippen LogP contribution is 2.25. The van der Waals surface area contributed by atoms with Crippen LogP contribution in [0.1, 0.15) is 11.3 Å². The lowest BCUT2D eigenvalue weighted by Crippen LogP contribution is -2.02. The summed E-state index contributed by atoms with van der Waals surface area (Å²) in [5.41, 5.74) is 1.11. The summed E-state index contributed by atoms with van der Waals surface area (Å²) in [5, 5.41) is 0.384. The molecule has 6 heteroatoms. The maximum Gasteiger partial charge on any atom is 0.191 e. The van der Waals surface area contributed by atoms with Crippen molar-refractivity contribution in [2.24, 2.45) is 0 Å². The summed E-state index contributed by atoms with van der Waals surface area (Å²) in [7, 11) is 0. The van der Waals surface area contributed by atoms with Gasteiger partial charge in [-0.25, -0.2) is 8.78 Å². The molecule has 0 atom stereocenters. The van der Waals surface area contributed by atoms with Gasteiger partial charge in [-0.3, -0.25) is 4.98 Å². The Morgan fingerprint density at radius 1 is 1.16 bits per heavy atom. The van der Waals surface area contributed by atoms with E-state index in [1.165, 1.54) is 12.1 Å². The highest BCUT2D eigenvalue weighted by molar-refractivity contribution is 9.10. The summed E-state index contributed by atoms with van der Waals surface area (Å²) in [4.78, 5) is 4.06. The van der Waals surface area contributed by atoms with Crippen LogP contribution in [0.2, 0.25) is 0 Å². The molecule has 0 aliphatic rings. The Bertz CT molecular complexity index is 552. The van der Waals surface area contributed by atoms with Crippen LogP contribution in [0.5, 0.6) is 5.75 Å². The Morgan fingerprint density at radius 3 is 2.37 bits per heavy atom. The third-order valence-corrected chi connectivity index (χ3v) is 3.48. The molecule has 0 fully saturated rings. The predicted octanol–water partition coefficient (Wildman–Crippen LogP) is 4.60. The van der Waals surface area contributed by atoms with Crippen molar-refractivity contribution in [3.63, 3.8) is 0 Å². The van der Waals surface area contributed by atoms with Gasteiger partial charge in [-0.05, 0) is 45.8 Å². The first-order chi connectivity index (χ1) is 9.10. The number of hydrogen-bond acceptors (Lipinski definition) is 2. The van der Waals surface area contributed by atoms with Crippen molar-refractivity contribution in [3.05, 3.63) is 57.8 Å². The van der Waals surface area contributed by atoms with Gasteiger partial charge in [0.25, 0.3) is 0 Å². The van der Waals surface area contributed by atoms with Crippen molar-refractivity contribution >= 4 is 31.9 Å². The third-order valence-electron chi connectivity index (χ3n) is 2.37. The molecule has 0 aliphatic carbocycles. The highest BCUT2D eigenvalue weighted by atomic mass is 79.9. The zero-order chi connectivity index (χ0) is 13.8. The Kier molecular flexibility index (Phi) is 4.87. The van der Waals surface area contributed by atoms with Gasteiger partial charge in [-0.15, -0.1) is 0 Å². The van der Waals surface area contributed by atoms with Crippen molar-refractivity contribution in [2.75, 3.05) is 0 Å². The van der Waals surface area contributed by atoms with Crippen molar-refractivity contribution in [1.82, 2.24) is 4.98 Å². The fourth-order valence-corrected chi connectivity index (χ4v) is 2.02. The van der Waals surface area contributed by atoms with E-state index in [9.17, 15) is 8.78 Å². The molecule has 1 heterocycles. The molecular weight excluding hydrogens is 384 g/mol. The molecule has 2 aromatic rings. The van der Waals surface area contributed by atoms with Crippen molar-refractivity contribution in [1.29, 1.82) is 0 Å². The molecule has 0 spiro atoms. The quantitative estimate of drug-likeness (QED) is 0.709. The molecule has 19 heavy (non-hydrogen) atoms. The topological polar surface area (TPSA) is 22.1 Å². The lowest BCUT2D eigenvalue weighted by Gasteiger charge is -2.09. The normalized spacial score (nSPS) is 10.5. The second-order valence-electron chi connectivity index (χ2n) is 3.78. The predicted molar refractivity (Wildman–Crippen MR) is 75.3 cm³/mol. The minimum absolute atomic E-state index is 0.00871. The largest absolute Gasteiger partial charge is 0.481 e. The molecule has 0 amide bonds. The SMILES string of the molecule is Fc1cc(CBr)cc(F)c1OCc1ccc(Br)cn1. The Labute approximate surface area is 126 Å². The van der Waals surface area contributed by atoms with Crippen molar-refractivity contribution < 1.29 is 13.5 Å². The van der Waals surface area contributed by atoms with Crippen LogP contribution in [-0.4, -0.2) is 4.98 Å². The van der Waals surface area contributed by atoms with E-state index in [1.807, 2.05) is 0 Å². The van der Waals surface area contributed by atoms with Crippen LogP contribution in [0.15, 0.2) is 34.9 Å². The summed E-state index contributed by atoms with van der Waals surface area (Å²) in [6, 6.07) is 5.98. The van der Waals surface area contributed by atoms with E-state index in [2.05, 4.69) is 36.8 Å². The molecule has 1 aromatic heterocycles. The number of pyridine rings is 1. The average Bonchev–Trinajstić information content (AvgIpc) is 2.39. The molecule has 0 aliphatic heterocycles. The van der Waals surface area contributed by atoms with Gasteiger partial charge in [-0.2, -0.15) is 0 Å². The number of rotatable bonds is 4. The smallest absolute Gasteiger partial charge is 0.191 e. The van der Waals surface area contributed by atoms with Crippen LogP contribution in [0.4, 0.5) is 8.78 Å². The lowest BCUT2D eigenvalue weighted by molar-refractivity contribution is 0.270. The van der Waals surface area contributed by atoms with Crippen LogP contribution in [-0.2, 0) is 11.9 Å². The maximum absolute atomic E-state index is 13.7.